The Hall–Kier alpha value is -0.770. The Morgan fingerprint density at radius 1 is 1.35 bits per heavy atom. The summed E-state index contributed by atoms with van der Waals surface area (Å²) in [6.45, 7) is 7.44. The Kier molecular flexibility index (Phi) is 4.95. The van der Waals surface area contributed by atoms with Crippen LogP contribution in [0, 0.1) is 11.8 Å². The third-order valence-electron chi connectivity index (χ3n) is 4.63. The largest absolute Gasteiger partial charge is 0.444 e. The molecule has 2 atom stereocenters. The van der Waals surface area contributed by atoms with Crippen LogP contribution in [-0.4, -0.2) is 42.8 Å². The number of likely N-dealkylation sites (tertiary alicyclic amines) is 1. The highest BCUT2D eigenvalue weighted by atomic mass is 16.6. The maximum atomic E-state index is 12.1. The standard InChI is InChI=1S/C16H30N2O2/c1-16(2,3)20-15(19)18-9-8-13(11-18)14(17-4)10-12-6-5-7-12/h12-14,17H,5-11H2,1-4H3. The summed E-state index contributed by atoms with van der Waals surface area (Å²) in [6, 6.07) is 0.549. The molecular formula is C16H30N2O2. The average Bonchev–Trinajstić information content (AvgIpc) is 2.75. The van der Waals surface area contributed by atoms with Crippen molar-refractivity contribution in [3.8, 4) is 0 Å². The molecule has 2 fully saturated rings. The minimum Gasteiger partial charge on any atom is -0.444 e. The first-order chi connectivity index (χ1) is 9.39. The molecule has 4 nitrogen and oxygen atoms in total. The highest BCUT2D eigenvalue weighted by Gasteiger charge is 2.35. The van der Waals surface area contributed by atoms with Gasteiger partial charge in [-0.15, -0.1) is 0 Å². The zero-order valence-corrected chi connectivity index (χ0v) is 13.4. The van der Waals surface area contributed by atoms with E-state index in [1.54, 1.807) is 0 Å². The highest BCUT2D eigenvalue weighted by molar-refractivity contribution is 5.68. The van der Waals surface area contributed by atoms with E-state index in [-0.39, 0.29) is 6.09 Å². The van der Waals surface area contributed by atoms with Crippen molar-refractivity contribution in [1.29, 1.82) is 0 Å². The Morgan fingerprint density at radius 2 is 2.05 bits per heavy atom. The molecule has 0 radical (unpaired) electrons. The van der Waals surface area contributed by atoms with Gasteiger partial charge in [0, 0.05) is 19.1 Å². The molecule has 2 unspecified atom stereocenters. The van der Waals surface area contributed by atoms with Gasteiger partial charge in [0.25, 0.3) is 0 Å². The Labute approximate surface area is 123 Å². The first-order valence-corrected chi connectivity index (χ1v) is 8.04. The summed E-state index contributed by atoms with van der Waals surface area (Å²) in [6.07, 6.45) is 6.39. The molecule has 2 aliphatic rings. The second-order valence-electron chi connectivity index (χ2n) is 7.40. The normalized spacial score (nSPS) is 25.4. The second-order valence-corrected chi connectivity index (χ2v) is 7.40. The topological polar surface area (TPSA) is 41.6 Å². The van der Waals surface area contributed by atoms with Crippen molar-refractivity contribution >= 4 is 6.09 Å². The Balaban J connectivity index is 1.82. The summed E-state index contributed by atoms with van der Waals surface area (Å²) in [4.78, 5) is 14.0. The molecule has 2 rings (SSSR count). The molecule has 0 aromatic rings. The van der Waals surface area contributed by atoms with Crippen LogP contribution in [0.4, 0.5) is 4.79 Å². The van der Waals surface area contributed by atoms with Crippen molar-refractivity contribution in [2.45, 2.75) is 64.5 Å². The number of nitrogens with one attached hydrogen (secondary N) is 1. The molecule has 20 heavy (non-hydrogen) atoms. The molecule has 0 bridgehead atoms. The third-order valence-corrected chi connectivity index (χ3v) is 4.63. The third kappa shape index (κ3) is 4.11. The minimum absolute atomic E-state index is 0.154. The highest BCUT2D eigenvalue weighted by Crippen LogP contribution is 2.33. The van der Waals surface area contributed by atoms with Crippen LogP contribution in [0.3, 0.4) is 0 Å². The van der Waals surface area contributed by atoms with E-state index in [0.29, 0.717) is 12.0 Å². The van der Waals surface area contributed by atoms with Gasteiger partial charge in [-0.3, -0.25) is 0 Å². The number of amides is 1. The van der Waals surface area contributed by atoms with Gasteiger partial charge in [-0.25, -0.2) is 4.79 Å². The molecule has 0 aromatic carbocycles. The van der Waals surface area contributed by atoms with Crippen molar-refractivity contribution in [2.24, 2.45) is 11.8 Å². The fourth-order valence-corrected chi connectivity index (χ4v) is 3.24. The lowest BCUT2D eigenvalue weighted by molar-refractivity contribution is 0.0284. The SMILES string of the molecule is CNC(CC1CCC1)C1CCN(C(=O)OC(C)(C)C)C1. The first kappa shape index (κ1) is 15.6. The van der Waals surface area contributed by atoms with Gasteiger partial charge in [-0.2, -0.15) is 0 Å². The van der Waals surface area contributed by atoms with Gasteiger partial charge in [0.05, 0.1) is 0 Å². The lowest BCUT2D eigenvalue weighted by Crippen LogP contribution is -2.40. The number of carbonyl (C=O) groups excluding carboxylic acids is 1. The maximum absolute atomic E-state index is 12.1. The van der Waals surface area contributed by atoms with Gasteiger partial charge in [0.2, 0.25) is 0 Å². The van der Waals surface area contributed by atoms with Crippen LogP contribution >= 0.6 is 0 Å². The molecule has 1 heterocycles. The van der Waals surface area contributed by atoms with Crippen LogP contribution in [0.25, 0.3) is 0 Å². The number of nitrogens with zero attached hydrogens (tertiary/aromatic N) is 1. The van der Waals surface area contributed by atoms with Crippen molar-refractivity contribution in [1.82, 2.24) is 10.2 Å². The maximum Gasteiger partial charge on any atom is 0.410 e. The number of hydrogen-bond acceptors (Lipinski definition) is 3. The van der Waals surface area contributed by atoms with Gasteiger partial charge in [0.1, 0.15) is 5.60 Å². The van der Waals surface area contributed by atoms with Crippen LogP contribution in [0.2, 0.25) is 0 Å². The molecule has 1 N–H and O–H groups in total. The molecule has 1 amide bonds. The first-order valence-electron chi connectivity index (χ1n) is 8.04. The molecule has 1 aliphatic heterocycles. The summed E-state index contributed by atoms with van der Waals surface area (Å²) in [5.74, 6) is 1.48. The number of hydrogen-bond donors (Lipinski definition) is 1. The number of rotatable bonds is 4. The predicted molar refractivity (Wildman–Crippen MR) is 80.7 cm³/mol. The van der Waals surface area contributed by atoms with Crippen molar-refractivity contribution in [2.75, 3.05) is 20.1 Å². The van der Waals surface area contributed by atoms with Crippen molar-refractivity contribution in [3.05, 3.63) is 0 Å². The fourth-order valence-electron chi connectivity index (χ4n) is 3.24. The summed E-state index contributed by atoms with van der Waals surface area (Å²) in [7, 11) is 2.06. The molecule has 4 heteroatoms. The predicted octanol–water partition coefficient (Wildman–Crippen LogP) is 3.02. The molecule has 1 saturated heterocycles. The zero-order valence-electron chi connectivity index (χ0n) is 13.4. The minimum atomic E-state index is -0.399. The second kappa shape index (κ2) is 6.33. The Bertz CT molecular complexity index is 334. The number of carbonyl (C=O) groups is 1. The van der Waals surface area contributed by atoms with Gasteiger partial charge in [0.15, 0.2) is 0 Å². The zero-order chi connectivity index (χ0) is 14.8. The molecular weight excluding hydrogens is 252 g/mol. The molecule has 116 valence electrons. The lowest BCUT2D eigenvalue weighted by Gasteiger charge is -2.32. The van der Waals surface area contributed by atoms with E-state index < -0.39 is 5.60 Å². The van der Waals surface area contributed by atoms with Crippen LogP contribution in [0.5, 0.6) is 0 Å². The van der Waals surface area contributed by atoms with Crippen molar-refractivity contribution in [3.63, 3.8) is 0 Å². The van der Waals surface area contributed by atoms with Crippen LogP contribution in [-0.2, 0) is 4.74 Å². The van der Waals surface area contributed by atoms with E-state index in [1.165, 1.54) is 25.7 Å². The van der Waals surface area contributed by atoms with Gasteiger partial charge in [-0.05, 0) is 52.5 Å². The van der Waals surface area contributed by atoms with E-state index >= 15 is 0 Å². The summed E-state index contributed by atoms with van der Waals surface area (Å²) in [5.41, 5.74) is -0.399. The van der Waals surface area contributed by atoms with Crippen LogP contribution in [0.15, 0.2) is 0 Å². The summed E-state index contributed by atoms with van der Waals surface area (Å²) >= 11 is 0. The van der Waals surface area contributed by atoms with E-state index in [0.717, 1.165) is 25.4 Å². The van der Waals surface area contributed by atoms with E-state index in [4.69, 9.17) is 4.74 Å². The van der Waals surface area contributed by atoms with E-state index in [2.05, 4.69) is 12.4 Å². The lowest BCUT2D eigenvalue weighted by atomic mass is 9.78. The van der Waals surface area contributed by atoms with Gasteiger partial charge < -0.3 is 15.0 Å². The molecule has 0 aromatic heterocycles. The quantitative estimate of drug-likeness (QED) is 0.862. The van der Waals surface area contributed by atoms with Crippen LogP contribution < -0.4 is 5.32 Å². The molecule has 1 saturated carbocycles. The van der Waals surface area contributed by atoms with Crippen molar-refractivity contribution < 1.29 is 9.53 Å². The van der Waals surface area contributed by atoms with E-state index in [1.807, 2.05) is 25.7 Å². The number of ether oxygens (including phenoxy) is 1. The summed E-state index contributed by atoms with van der Waals surface area (Å²) < 4.78 is 5.46. The van der Waals surface area contributed by atoms with Gasteiger partial charge >= 0.3 is 6.09 Å². The average molecular weight is 282 g/mol. The molecule has 1 aliphatic carbocycles. The molecule has 0 spiro atoms. The van der Waals surface area contributed by atoms with Gasteiger partial charge in [-0.1, -0.05) is 19.3 Å². The summed E-state index contributed by atoms with van der Waals surface area (Å²) in [5, 5.41) is 3.47. The monoisotopic (exact) mass is 282 g/mol. The fraction of sp³-hybridized carbons (Fsp3) is 0.938. The smallest absolute Gasteiger partial charge is 0.410 e. The van der Waals surface area contributed by atoms with Crippen LogP contribution in [0.1, 0.15) is 52.9 Å². The Morgan fingerprint density at radius 3 is 2.55 bits per heavy atom. The van der Waals surface area contributed by atoms with E-state index in [9.17, 15) is 4.79 Å².